The van der Waals surface area contributed by atoms with E-state index >= 15 is 0 Å². The van der Waals surface area contributed by atoms with Crippen LogP contribution in [0, 0.1) is 16.2 Å². The van der Waals surface area contributed by atoms with Crippen molar-refractivity contribution in [2.24, 2.45) is 16.2 Å². The van der Waals surface area contributed by atoms with E-state index in [-0.39, 0.29) is 47.1 Å². The van der Waals surface area contributed by atoms with Gasteiger partial charge in [-0.15, -0.1) is 0 Å². The number of carbonyl (C=O) groups is 2. The fourth-order valence-corrected chi connectivity index (χ4v) is 4.74. The van der Waals surface area contributed by atoms with Crippen molar-refractivity contribution < 1.29 is 19.1 Å². The molecule has 0 aromatic rings. The molecule has 4 nitrogen and oxygen atoms in total. The van der Waals surface area contributed by atoms with Crippen LogP contribution in [0.25, 0.3) is 0 Å². The van der Waals surface area contributed by atoms with Crippen LogP contribution in [-0.4, -0.2) is 24.6 Å². The standard InChI is InChI=1S/C26H50O4/c1-10-14-21(25(8,9)26(17-11-2,18-12-3)19-13-4)30-23(28)16-15-22(27)29-20-24(5,6)7/h21H,10-20H2,1-9H3. The highest BCUT2D eigenvalue weighted by atomic mass is 16.5. The zero-order chi connectivity index (χ0) is 23.4. The molecule has 1 atom stereocenters. The number of hydrogen-bond acceptors (Lipinski definition) is 4. The maximum Gasteiger partial charge on any atom is 0.306 e. The van der Waals surface area contributed by atoms with Crippen LogP contribution in [0.5, 0.6) is 0 Å². The first kappa shape index (κ1) is 28.9. The second-order valence-corrected chi connectivity index (χ2v) is 10.7. The van der Waals surface area contributed by atoms with Crippen LogP contribution in [0.1, 0.15) is 127 Å². The van der Waals surface area contributed by atoms with Crippen molar-refractivity contribution in [3.8, 4) is 0 Å². The molecule has 0 bridgehead atoms. The first-order valence-electron chi connectivity index (χ1n) is 12.2. The molecule has 0 spiro atoms. The molecule has 1 unspecified atom stereocenters. The summed E-state index contributed by atoms with van der Waals surface area (Å²) in [6.45, 7) is 19.9. The van der Waals surface area contributed by atoms with Gasteiger partial charge in [-0.1, -0.05) is 88.0 Å². The molecule has 0 aliphatic heterocycles. The zero-order valence-electron chi connectivity index (χ0n) is 21.5. The molecule has 178 valence electrons. The van der Waals surface area contributed by atoms with Gasteiger partial charge in [0.15, 0.2) is 0 Å². The molecule has 0 aromatic carbocycles. The van der Waals surface area contributed by atoms with Crippen LogP contribution >= 0.6 is 0 Å². The molecule has 0 amide bonds. The lowest BCUT2D eigenvalue weighted by Gasteiger charge is -2.51. The average molecular weight is 427 g/mol. The van der Waals surface area contributed by atoms with Crippen molar-refractivity contribution >= 4 is 11.9 Å². The van der Waals surface area contributed by atoms with E-state index in [4.69, 9.17) is 9.47 Å². The molecule has 0 radical (unpaired) electrons. The van der Waals surface area contributed by atoms with E-state index in [1.807, 2.05) is 20.8 Å². The van der Waals surface area contributed by atoms with Crippen molar-refractivity contribution in [3.63, 3.8) is 0 Å². The predicted octanol–water partition coefficient (Wildman–Crippen LogP) is 7.48. The summed E-state index contributed by atoms with van der Waals surface area (Å²) in [5.74, 6) is -0.613. The van der Waals surface area contributed by atoms with Crippen LogP contribution in [0.15, 0.2) is 0 Å². The van der Waals surface area contributed by atoms with Crippen LogP contribution < -0.4 is 0 Å². The molecule has 0 heterocycles. The van der Waals surface area contributed by atoms with Crippen molar-refractivity contribution in [1.82, 2.24) is 0 Å². The van der Waals surface area contributed by atoms with Crippen LogP contribution in [-0.2, 0) is 19.1 Å². The molecule has 0 saturated carbocycles. The highest BCUT2D eigenvalue weighted by Gasteiger charge is 2.48. The minimum atomic E-state index is -0.328. The van der Waals surface area contributed by atoms with Gasteiger partial charge < -0.3 is 9.47 Å². The van der Waals surface area contributed by atoms with Gasteiger partial charge in [0.1, 0.15) is 6.10 Å². The number of esters is 2. The summed E-state index contributed by atoms with van der Waals surface area (Å²) in [5, 5.41) is 0. The van der Waals surface area contributed by atoms with Crippen molar-refractivity contribution in [2.45, 2.75) is 133 Å². The van der Waals surface area contributed by atoms with Gasteiger partial charge in [0.05, 0.1) is 19.4 Å². The monoisotopic (exact) mass is 426 g/mol. The highest BCUT2D eigenvalue weighted by Crippen LogP contribution is 2.53. The smallest absolute Gasteiger partial charge is 0.306 e. The number of hydrogen-bond donors (Lipinski definition) is 0. The van der Waals surface area contributed by atoms with Gasteiger partial charge in [0, 0.05) is 5.41 Å². The van der Waals surface area contributed by atoms with Crippen LogP contribution in [0.3, 0.4) is 0 Å². The van der Waals surface area contributed by atoms with E-state index in [0.717, 1.165) is 51.4 Å². The Morgan fingerprint density at radius 3 is 1.60 bits per heavy atom. The highest BCUT2D eigenvalue weighted by molar-refractivity contribution is 5.77. The third kappa shape index (κ3) is 9.39. The van der Waals surface area contributed by atoms with Gasteiger partial charge >= 0.3 is 11.9 Å². The minimum Gasteiger partial charge on any atom is -0.465 e. The Labute approximate surface area is 186 Å². The quantitative estimate of drug-likeness (QED) is 0.255. The lowest BCUT2D eigenvalue weighted by Crippen LogP contribution is -2.48. The Balaban J connectivity index is 5.25. The summed E-state index contributed by atoms with van der Waals surface area (Å²) in [6.07, 6.45) is 8.71. The van der Waals surface area contributed by atoms with Gasteiger partial charge in [-0.3, -0.25) is 9.59 Å². The van der Waals surface area contributed by atoms with E-state index < -0.39 is 0 Å². The maximum absolute atomic E-state index is 12.7. The Morgan fingerprint density at radius 2 is 1.20 bits per heavy atom. The fourth-order valence-electron chi connectivity index (χ4n) is 4.74. The average Bonchev–Trinajstić information content (AvgIpc) is 2.64. The topological polar surface area (TPSA) is 52.6 Å². The molecule has 0 aliphatic carbocycles. The van der Waals surface area contributed by atoms with E-state index in [2.05, 4.69) is 41.5 Å². The third-order valence-electron chi connectivity index (χ3n) is 6.38. The summed E-state index contributed by atoms with van der Waals surface area (Å²) in [7, 11) is 0. The van der Waals surface area contributed by atoms with Crippen LogP contribution in [0.2, 0.25) is 0 Å². The minimum absolute atomic E-state index is 0.0758. The molecule has 4 heteroatoms. The Bertz CT molecular complexity index is 485. The largest absolute Gasteiger partial charge is 0.465 e. The summed E-state index contributed by atoms with van der Waals surface area (Å²) in [6, 6.07) is 0. The SMILES string of the molecule is CCCC(OC(=O)CCC(=O)OCC(C)(C)C)C(C)(C)C(CCC)(CCC)CCC. The summed E-state index contributed by atoms with van der Waals surface area (Å²) < 4.78 is 11.3. The molecule has 0 aliphatic rings. The van der Waals surface area contributed by atoms with E-state index in [1.54, 1.807) is 0 Å². The van der Waals surface area contributed by atoms with Crippen molar-refractivity contribution in [3.05, 3.63) is 0 Å². The summed E-state index contributed by atoms with van der Waals surface area (Å²) in [5.41, 5.74) is -0.0297. The normalized spacial score (nSPS) is 13.8. The van der Waals surface area contributed by atoms with Gasteiger partial charge in [-0.25, -0.2) is 0 Å². The predicted molar refractivity (Wildman–Crippen MR) is 125 cm³/mol. The Kier molecular flexibility index (Phi) is 12.9. The maximum atomic E-state index is 12.7. The number of carbonyl (C=O) groups excluding carboxylic acids is 2. The Hall–Kier alpha value is -1.06. The summed E-state index contributed by atoms with van der Waals surface area (Å²) in [4.78, 5) is 24.6. The van der Waals surface area contributed by atoms with Gasteiger partial charge in [0.2, 0.25) is 0 Å². The first-order valence-corrected chi connectivity index (χ1v) is 12.2. The molecule has 0 N–H and O–H groups in total. The fraction of sp³-hybridized carbons (Fsp3) is 0.923. The van der Waals surface area contributed by atoms with E-state index in [1.165, 1.54) is 0 Å². The van der Waals surface area contributed by atoms with Crippen LogP contribution in [0.4, 0.5) is 0 Å². The van der Waals surface area contributed by atoms with E-state index in [0.29, 0.717) is 6.61 Å². The molecule has 0 rings (SSSR count). The second-order valence-electron chi connectivity index (χ2n) is 10.7. The molecule has 0 saturated heterocycles. The molecule has 0 fully saturated rings. The molecule has 0 aromatic heterocycles. The number of ether oxygens (including phenoxy) is 2. The Morgan fingerprint density at radius 1 is 0.733 bits per heavy atom. The van der Waals surface area contributed by atoms with Gasteiger partial charge in [0.25, 0.3) is 0 Å². The number of rotatable bonds is 15. The third-order valence-corrected chi connectivity index (χ3v) is 6.38. The van der Waals surface area contributed by atoms with Gasteiger partial charge in [-0.2, -0.15) is 0 Å². The lowest BCUT2D eigenvalue weighted by atomic mass is 9.56. The van der Waals surface area contributed by atoms with Crippen molar-refractivity contribution in [2.75, 3.05) is 6.61 Å². The zero-order valence-corrected chi connectivity index (χ0v) is 21.5. The van der Waals surface area contributed by atoms with E-state index in [9.17, 15) is 9.59 Å². The lowest BCUT2D eigenvalue weighted by molar-refractivity contribution is -0.167. The van der Waals surface area contributed by atoms with Gasteiger partial charge in [-0.05, 0) is 36.5 Å². The van der Waals surface area contributed by atoms with Crippen molar-refractivity contribution in [1.29, 1.82) is 0 Å². The molecule has 30 heavy (non-hydrogen) atoms. The first-order chi connectivity index (χ1) is 13.9. The summed E-state index contributed by atoms with van der Waals surface area (Å²) >= 11 is 0. The molecular weight excluding hydrogens is 376 g/mol. The molecular formula is C26H50O4. The second kappa shape index (κ2) is 13.4.